The highest BCUT2D eigenvalue weighted by atomic mass is 79.9. The number of carbonyl (C=O) groups is 1. The lowest BCUT2D eigenvalue weighted by Gasteiger charge is -2.40. The summed E-state index contributed by atoms with van der Waals surface area (Å²) in [7, 11) is 0. The van der Waals surface area contributed by atoms with Crippen molar-refractivity contribution in [3.05, 3.63) is 33.8 Å². The lowest BCUT2D eigenvalue weighted by atomic mass is 9.73. The highest BCUT2D eigenvalue weighted by Gasteiger charge is 2.49. The number of amides is 1. The molecule has 0 bridgehead atoms. The summed E-state index contributed by atoms with van der Waals surface area (Å²) in [6, 6.07) is 7.50. The number of hydrogen-bond acceptors (Lipinski definition) is 3. The zero-order chi connectivity index (χ0) is 19.7. The molecule has 1 saturated heterocycles. The second-order valence-corrected chi connectivity index (χ2v) is 10.1. The topological polar surface area (TPSA) is 41.6 Å². The maximum absolute atomic E-state index is 13.8. The molecule has 0 aromatic heterocycles. The molecule has 2 atom stereocenters. The Labute approximate surface area is 177 Å². The Bertz CT molecular complexity index is 717. The van der Waals surface area contributed by atoms with Crippen LogP contribution in [-0.2, 0) is 22.5 Å². The largest absolute Gasteiger partial charge is 0.381 e. The molecule has 5 heteroatoms. The van der Waals surface area contributed by atoms with Gasteiger partial charge in [0.2, 0.25) is 5.91 Å². The van der Waals surface area contributed by atoms with Gasteiger partial charge in [-0.3, -0.25) is 4.79 Å². The highest BCUT2D eigenvalue weighted by Crippen LogP contribution is 2.46. The van der Waals surface area contributed by atoms with E-state index in [4.69, 9.17) is 4.74 Å². The molecule has 4 nitrogen and oxygen atoms in total. The van der Waals surface area contributed by atoms with Crippen LogP contribution < -0.4 is 5.32 Å². The van der Waals surface area contributed by atoms with Crippen LogP contribution in [0.1, 0.15) is 57.1 Å². The summed E-state index contributed by atoms with van der Waals surface area (Å²) in [6.45, 7) is 7.80. The monoisotopic (exact) mass is 448 g/mol. The maximum Gasteiger partial charge on any atom is 0.229 e. The summed E-state index contributed by atoms with van der Waals surface area (Å²) in [5, 5.41) is 3.85. The molecule has 154 valence electrons. The molecule has 2 fully saturated rings. The van der Waals surface area contributed by atoms with Crippen molar-refractivity contribution in [1.29, 1.82) is 0 Å². The molecule has 1 aromatic carbocycles. The van der Waals surface area contributed by atoms with E-state index in [1.807, 2.05) is 0 Å². The van der Waals surface area contributed by atoms with Gasteiger partial charge in [0.25, 0.3) is 0 Å². The number of carbonyl (C=O) groups excluding carboxylic acids is 1. The van der Waals surface area contributed by atoms with Crippen LogP contribution >= 0.6 is 15.9 Å². The van der Waals surface area contributed by atoms with E-state index in [1.165, 1.54) is 11.1 Å². The quantitative estimate of drug-likeness (QED) is 0.746. The second-order valence-electron chi connectivity index (χ2n) is 9.19. The summed E-state index contributed by atoms with van der Waals surface area (Å²) in [5.41, 5.74) is 2.46. The van der Waals surface area contributed by atoms with E-state index < -0.39 is 0 Å². The molecule has 1 N–H and O–H groups in total. The predicted octanol–water partition coefficient (Wildman–Crippen LogP) is 4.30. The van der Waals surface area contributed by atoms with Crippen LogP contribution in [0.15, 0.2) is 22.7 Å². The zero-order valence-electron chi connectivity index (χ0n) is 17.2. The van der Waals surface area contributed by atoms with Crippen LogP contribution in [0.5, 0.6) is 0 Å². The molecule has 2 aliphatic heterocycles. The third-order valence-corrected chi connectivity index (χ3v) is 7.73. The number of fused-ring (bicyclic) bond motifs is 1. The zero-order valence-corrected chi connectivity index (χ0v) is 18.8. The van der Waals surface area contributed by atoms with Crippen molar-refractivity contribution in [3.8, 4) is 0 Å². The molecule has 0 radical (unpaired) electrons. The number of nitrogens with zero attached hydrogens (tertiary/aromatic N) is 1. The Morgan fingerprint density at radius 2 is 2.00 bits per heavy atom. The Morgan fingerprint density at radius 1 is 1.21 bits per heavy atom. The summed E-state index contributed by atoms with van der Waals surface area (Å²) in [5.74, 6) is 0.745. The smallest absolute Gasteiger partial charge is 0.229 e. The number of nitrogens with one attached hydrogen (secondary N) is 1. The lowest BCUT2D eigenvalue weighted by molar-refractivity contribution is -0.145. The number of ether oxygens (including phenoxy) is 1. The lowest BCUT2D eigenvalue weighted by Crippen LogP contribution is -2.48. The van der Waals surface area contributed by atoms with Crippen molar-refractivity contribution in [2.45, 2.75) is 71.0 Å². The van der Waals surface area contributed by atoms with Gasteiger partial charge >= 0.3 is 0 Å². The first kappa shape index (κ1) is 20.4. The van der Waals surface area contributed by atoms with Crippen molar-refractivity contribution in [2.24, 2.45) is 11.3 Å². The van der Waals surface area contributed by atoms with E-state index in [-0.39, 0.29) is 5.41 Å². The highest BCUT2D eigenvalue weighted by molar-refractivity contribution is 9.10. The number of benzene rings is 1. The Balaban J connectivity index is 1.46. The van der Waals surface area contributed by atoms with Crippen molar-refractivity contribution < 1.29 is 9.53 Å². The molecular weight excluding hydrogens is 416 g/mol. The first-order valence-corrected chi connectivity index (χ1v) is 11.7. The molecule has 1 amide bonds. The van der Waals surface area contributed by atoms with Gasteiger partial charge in [0, 0.05) is 42.9 Å². The minimum absolute atomic E-state index is 0.216. The maximum atomic E-state index is 13.8. The van der Waals surface area contributed by atoms with Crippen molar-refractivity contribution in [1.82, 2.24) is 10.2 Å². The van der Waals surface area contributed by atoms with Crippen LogP contribution in [0.2, 0.25) is 0 Å². The normalized spacial score (nSPS) is 28.6. The average Bonchev–Trinajstić information content (AvgIpc) is 3.13. The fourth-order valence-electron chi connectivity index (χ4n) is 5.39. The summed E-state index contributed by atoms with van der Waals surface area (Å²) < 4.78 is 6.59. The molecular formula is C23H33BrN2O2. The predicted molar refractivity (Wildman–Crippen MR) is 115 cm³/mol. The van der Waals surface area contributed by atoms with Gasteiger partial charge in [-0.2, -0.15) is 0 Å². The van der Waals surface area contributed by atoms with Crippen LogP contribution in [0.4, 0.5) is 0 Å². The Kier molecular flexibility index (Phi) is 6.15. The first-order valence-electron chi connectivity index (χ1n) is 10.9. The molecule has 28 heavy (non-hydrogen) atoms. The third kappa shape index (κ3) is 4.03. The van der Waals surface area contributed by atoms with Gasteiger partial charge in [-0.15, -0.1) is 0 Å². The molecule has 1 aromatic rings. The van der Waals surface area contributed by atoms with Gasteiger partial charge in [-0.05, 0) is 67.7 Å². The van der Waals surface area contributed by atoms with E-state index >= 15 is 0 Å². The average molecular weight is 449 g/mol. The van der Waals surface area contributed by atoms with Gasteiger partial charge < -0.3 is 15.0 Å². The summed E-state index contributed by atoms with van der Waals surface area (Å²) >= 11 is 3.58. The molecule has 2 heterocycles. The third-order valence-electron chi connectivity index (χ3n) is 7.24. The standard InChI is InChI=1S/C23H33BrN2O2/c1-16(2)23(9-5-21(14-23)25-20-7-11-28-12-8-20)22(27)26-10-6-17-3-4-19(24)13-18(17)15-26/h3-4,13,16,20-21,25H,5-12,14-15H2,1-2H3/t21?,23-/m0/s1. The molecule has 0 spiro atoms. The summed E-state index contributed by atoms with van der Waals surface area (Å²) in [6.07, 6.45) is 6.24. The first-order chi connectivity index (χ1) is 13.5. The number of hydrogen-bond donors (Lipinski definition) is 1. The molecule has 1 saturated carbocycles. The molecule has 1 aliphatic carbocycles. The molecule has 4 rings (SSSR count). The van der Waals surface area contributed by atoms with Gasteiger partial charge in [0.1, 0.15) is 0 Å². The Morgan fingerprint density at radius 3 is 2.75 bits per heavy atom. The molecule has 3 aliphatic rings. The van der Waals surface area contributed by atoms with Crippen LogP contribution in [0, 0.1) is 11.3 Å². The number of rotatable bonds is 4. The fourth-order valence-corrected chi connectivity index (χ4v) is 5.80. The number of halogens is 1. The second kappa shape index (κ2) is 8.45. The van der Waals surface area contributed by atoms with Gasteiger partial charge in [0.15, 0.2) is 0 Å². The minimum Gasteiger partial charge on any atom is -0.381 e. The molecule has 1 unspecified atom stereocenters. The van der Waals surface area contributed by atoms with Gasteiger partial charge in [-0.1, -0.05) is 35.8 Å². The SMILES string of the molecule is CC(C)[C@]1(C(=O)N2CCc3ccc(Br)cc3C2)CCC(NC2CCOCC2)C1. The van der Waals surface area contributed by atoms with Crippen LogP contribution in [-0.4, -0.2) is 42.6 Å². The van der Waals surface area contributed by atoms with Crippen molar-refractivity contribution >= 4 is 21.8 Å². The van der Waals surface area contributed by atoms with E-state index in [2.05, 4.69) is 58.2 Å². The van der Waals surface area contributed by atoms with E-state index in [0.717, 1.165) is 69.3 Å². The Hall–Kier alpha value is -0.910. The van der Waals surface area contributed by atoms with Crippen molar-refractivity contribution in [3.63, 3.8) is 0 Å². The van der Waals surface area contributed by atoms with E-state index in [0.29, 0.717) is 23.9 Å². The van der Waals surface area contributed by atoms with E-state index in [1.54, 1.807) is 0 Å². The summed E-state index contributed by atoms with van der Waals surface area (Å²) in [4.78, 5) is 15.9. The van der Waals surface area contributed by atoms with Crippen LogP contribution in [0.25, 0.3) is 0 Å². The fraction of sp³-hybridized carbons (Fsp3) is 0.696. The van der Waals surface area contributed by atoms with Crippen molar-refractivity contribution in [2.75, 3.05) is 19.8 Å². The minimum atomic E-state index is -0.216. The van der Waals surface area contributed by atoms with Gasteiger partial charge in [-0.25, -0.2) is 0 Å². The van der Waals surface area contributed by atoms with Crippen LogP contribution in [0.3, 0.4) is 0 Å². The van der Waals surface area contributed by atoms with Gasteiger partial charge in [0.05, 0.1) is 5.41 Å². The van der Waals surface area contributed by atoms with E-state index in [9.17, 15) is 4.79 Å².